The first kappa shape index (κ1) is 11.6. The first-order valence-corrected chi connectivity index (χ1v) is 5.74. The summed E-state index contributed by atoms with van der Waals surface area (Å²) in [4.78, 5) is 11.8. The smallest absolute Gasteiger partial charge is 0.187 e. The standard InChI is InChI=1S/C10H6N2OS2/c11-6-14-10(15-7-12)9(13)8-4-2-1-3-5-8/h1-5,10H. The lowest BCUT2D eigenvalue weighted by molar-refractivity contribution is 0.101. The minimum Gasteiger partial charge on any atom is -0.292 e. The summed E-state index contributed by atoms with van der Waals surface area (Å²) in [5, 5.41) is 20.6. The predicted molar refractivity (Wildman–Crippen MR) is 61.0 cm³/mol. The van der Waals surface area contributed by atoms with Gasteiger partial charge in [-0.3, -0.25) is 4.79 Å². The lowest BCUT2D eigenvalue weighted by atomic mass is 10.1. The summed E-state index contributed by atoms with van der Waals surface area (Å²) in [5.41, 5.74) is 0.521. The molecule has 0 heterocycles. The summed E-state index contributed by atoms with van der Waals surface area (Å²) in [5.74, 6) is -0.200. The number of Topliss-reactive ketones (excluding diaryl/α,β-unsaturated/α-hetero) is 1. The molecule has 0 aliphatic rings. The van der Waals surface area contributed by atoms with Gasteiger partial charge in [0.2, 0.25) is 0 Å². The highest BCUT2D eigenvalue weighted by atomic mass is 32.2. The summed E-state index contributed by atoms with van der Waals surface area (Å²) < 4.78 is -0.664. The third-order valence-electron chi connectivity index (χ3n) is 1.59. The molecule has 1 rings (SSSR count). The fraction of sp³-hybridized carbons (Fsp3) is 0.100. The van der Waals surface area contributed by atoms with E-state index in [9.17, 15) is 4.79 Å². The van der Waals surface area contributed by atoms with Crippen LogP contribution in [0.1, 0.15) is 10.4 Å². The van der Waals surface area contributed by atoms with Crippen LogP contribution in [0.3, 0.4) is 0 Å². The second kappa shape index (κ2) is 6.13. The van der Waals surface area contributed by atoms with Gasteiger partial charge in [0.1, 0.15) is 15.4 Å². The van der Waals surface area contributed by atoms with Gasteiger partial charge in [-0.1, -0.05) is 30.3 Å². The van der Waals surface area contributed by atoms with Gasteiger partial charge in [-0.05, 0) is 23.5 Å². The predicted octanol–water partition coefficient (Wildman–Crippen LogP) is 2.62. The van der Waals surface area contributed by atoms with Gasteiger partial charge in [0.05, 0.1) is 0 Å². The molecule has 0 unspecified atom stereocenters. The highest BCUT2D eigenvalue weighted by Crippen LogP contribution is 2.25. The highest BCUT2D eigenvalue weighted by molar-refractivity contribution is 8.22. The van der Waals surface area contributed by atoms with Gasteiger partial charge >= 0.3 is 0 Å². The first-order valence-electron chi connectivity index (χ1n) is 3.98. The number of benzene rings is 1. The van der Waals surface area contributed by atoms with Crippen molar-refractivity contribution in [2.24, 2.45) is 0 Å². The number of carbonyl (C=O) groups excluding carboxylic acids is 1. The zero-order valence-electron chi connectivity index (χ0n) is 7.58. The van der Waals surface area contributed by atoms with Crippen LogP contribution in [-0.4, -0.2) is 10.4 Å². The Labute approximate surface area is 96.1 Å². The van der Waals surface area contributed by atoms with Crippen molar-refractivity contribution in [3.63, 3.8) is 0 Å². The molecule has 0 aliphatic carbocycles. The van der Waals surface area contributed by atoms with Gasteiger partial charge in [-0.15, -0.1) is 0 Å². The number of nitriles is 2. The molecular weight excluding hydrogens is 228 g/mol. The number of thiocyanates is 2. The molecule has 0 bridgehead atoms. The zero-order valence-corrected chi connectivity index (χ0v) is 9.22. The van der Waals surface area contributed by atoms with Crippen LogP contribution in [0, 0.1) is 21.3 Å². The lowest BCUT2D eigenvalue weighted by Crippen LogP contribution is -2.12. The Morgan fingerprint density at radius 3 is 2.13 bits per heavy atom. The molecule has 15 heavy (non-hydrogen) atoms. The molecule has 5 heteroatoms. The Kier molecular flexibility index (Phi) is 4.76. The molecule has 0 atom stereocenters. The van der Waals surface area contributed by atoms with E-state index in [4.69, 9.17) is 10.5 Å². The number of thioether (sulfide) groups is 2. The van der Waals surface area contributed by atoms with E-state index >= 15 is 0 Å². The van der Waals surface area contributed by atoms with Crippen molar-refractivity contribution >= 4 is 29.3 Å². The minimum atomic E-state index is -0.664. The number of rotatable bonds is 4. The summed E-state index contributed by atoms with van der Waals surface area (Å²) in [7, 11) is 0. The van der Waals surface area contributed by atoms with Crippen LogP contribution in [0.15, 0.2) is 30.3 Å². The largest absolute Gasteiger partial charge is 0.292 e. The van der Waals surface area contributed by atoms with Gasteiger partial charge in [0.15, 0.2) is 5.78 Å². The van der Waals surface area contributed by atoms with E-state index in [1.54, 1.807) is 30.3 Å². The fourth-order valence-electron chi connectivity index (χ4n) is 0.965. The van der Waals surface area contributed by atoms with E-state index in [-0.39, 0.29) is 5.78 Å². The van der Waals surface area contributed by atoms with Gasteiger partial charge in [0.25, 0.3) is 0 Å². The maximum atomic E-state index is 11.8. The van der Waals surface area contributed by atoms with Crippen molar-refractivity contribution in [2.45, 2.75) is 4.58 Å². The Balaban J connectivity index is 2.83. The zero-order chi connectivity index (χ0) is 11.1. The van der Waals surface area contributed by atoms with Crippen LogP contribution in [0.2, 0.25) is 0 Å². The quantitative estimate of drug-likeness (QED) is 0.455. The van der Waals surface area contributed by atoms with Crippen LogP contribution in [0.25, 0.3) is 0 Å². The van der Waals surface area contributed by atoms with Crippen LogP contribution in [0.5, 0.6) is 0 Å². The average molecular weight is 234 g/mol. The van der Waals surface area contributed by atoms with E-state index in [0.717, 1.165) is 23.5 Å². The molecule has 0 saturated heterocycles. The minimum absolute atomic E-state index is 0.200. The van der Waals surface area contributed by atoms with Crippen molar-refractivity contribution in [1.82, 2.24) is 0 Å². The second-order valence-electron chi connectivity index (χ2n) is 2.48. The summed E-state index contributed by atoms with van der Waals surface area (Å²) in [6.45, 7) is 0. The Bertz CT molecular complexity index is 403. The number of carbonyl (C=O) groups is 1. The molecule has 0 radical (unpaired) electrons. The third kappa shape index (κ3) is 3.32. The molecule has 1 aromatic carbocycles. The topological polar surface area (TPSA) is 64.7 Å². The highest BCUT2D eigenvalue weighted by Gasteiger charge is 2.21. The summed E-state index contributed by atoms with van der Waals surface area (Å²) >= 11 is 1.60. The third-order valence-corrected chi connectivity index (χ3v) is 3.24. The van der Waals surface area contributed by atoms with Crippen molar-refractivity contribution in [2.75, 3.05) is 0 Å². The molecule has 0 aliphatic heterocycles. The summed E-state index contributed by atoms with van der Waals surface area (Å²) in [6, 6.07) is 8.65. The lowest BCUT2D eigenvalue weighted by Gasteiger charge is -2.05. The number of ketones is 1. The molecule has 0 saturated carbocycles. The molecule has 3 nitrogen and oxygen atoms in total. The van der Waals surface area contributed by atoms with E-state index < -0.39 is 4.58 Å². The molecule has 74 valence electrons. The normalized spacial score (nSPS) is 9.27. The maximum absolute atomic E-state index is 11.8. The Morgan fingerprint density at radius 2 is 1.67 bits per heavy atom. The number of hydrogen-bond donors (Lipinski definition) is 0. The van der Waals surface area contributed by atoms with Crippen LogP contribution in [-0.2, 0) is 0 Å². The van der Waals surface area contributed by atoms with Crippen molar-refractivity contribution < 1.29 is 4.79 Å². The first-order chi connectivity index (χ1) is 7.29. The van der Waals surface area contributed by atoms with Crippen LogP contribution >= 0.6 is 23.5 Å². The van der Waals surface area contributed by atoms with Gasteiger partial charge in [0, 0.05) is 5.56 Å². The molecule has 0 amide bonds. The van der Waals surface area contributed by atoms with Crippen molar-refractivity contribution in [3.05, 3.63) is 35.9 Å². The second-order valence-corrected chi connectivity index (χ2v) is 4.56. The summed E-state index contributed by atoms with van der Waals surface area (Å²) in [6.07, 6.45) is 0. The fourth-order valence-corrected chi connectivity index (χ4v) is 2.09. The Morgan fingerprint density at radius 1 is 1.13 bits per heavy atom. The molecular formula is C10H6N2OS2. The van der Waals surface area contributed by atoms with Crippen LogP contribution < -0.4 is 0 Å². The molecule has 0 aromatic heterocycles. The van der Waals surface area contributed by atoms with E-state index in [2.05, 4.69) is 0 Å². The molecule has 1 aromatic rings. The van der Waals surface area contributed by atoms with E-state index in [1.165, 1.54) is 0 Å². The molecule has 0 spiro atoms. The van der Waals surface area contributed by atoms with E-state index in [1.807, 2.05) is 10.8 Å². The van der Waals surface area contributed by atoms with Gasteiger partial charge in [-0.2, -0.15) is 10.5 Å². The monoisotopic (exact) mass is 234 g/mol. The van der Waals surface area contributed by atoms with Crippen LogP contribution in [0.4, 0.5) is 0 Å². The molecule has 0 fully saturated rings. The SMILES string of the molecule is N#CSC(SC#N)C(=O)c1ccccc1. The van der Waals surface area contributed by atoms with Crippen molar-refractivity contribution in [1.29, 1.82) is 10.5 Å². The number of hydrogen-bond acceptors (Lipinski definition) is 5. The van der Waals surface area contributed by atoms with Gasteiger partial charge < -0.3 is 0 Å². The average Bonchev–Trinajstić information content (AvgIpc) is 2.29. The van der Waals surface area contributed by atoms with E-state index in [0.29, 0.717) is 5.56 Å². The molecule has 0 N–H and O–H groups in total. The maximum Gasteiger partial charge on any atom is 0.187 e. The van der Waals surface area contributed by atoms with Crippen molar-refractivity contribution in [3.8, 4) is 10.8 Å². The number of nitrogens with zero attached hydrogens (tertiary/aromatic N) is 2. The van der Waals surface area contributed by atoms with Gasteiger partial charge in [-0.25, -0.2) is 0 Å². The Hall–Kier alpha value is -1.43.